The summed E-state index contributed by atoms with van der Waals surface area (Å²) >= 11 is 12.4. The Kier molecular flexibility index (Phi) is 9.12. The van der Waals surface area contributed by atoms with Crippen molar-refractivity contribution in [3.63, 3.8) is 0 Å². The highest BCUT2D eigenvalue weighted by atomic mass is 35.5. The van der Waals surface area contributed by atoms with E-state index in [0.29, 0.717) is 21.5 Å². The van der Waals surface area contributed by atoms with E-state index < -0.39 is 0 Å². The molecule has 154 valence electrons. The molecule has 0 aromatic heterocycles. The highest BCUT2D eigenvalue weighted by Gasteiger charge is 2.10. The minimum absolute atomic E-state index is 0. The smallest absolute Gasteiger partial charge is 0.161 e. The molecule has 0 heterocycles. The largest absolute Gasteiger partial charge is 0.493 e. The molecule has 0 saturated carbocycles. The number of nitrogens with one attached hydrogen (secondary N) is 1. The monoisotopic (exact) mass is 451 g/mol. The molecule has 0 saturated heterocycles. The van der Waals surface area contributed by atoms with E-state index >= 15 is 0 Å². The van der Waals surface area contributed by atoms with Crippen molar-refractivity contribution in [2.24, 2.45) is 0 Å². The molecule has 0 aliphatic rings. The second kappa shape index (κ2) is 11.3. The average molecular weight is 453 g/mol. The van der Waals surface area contributed by atoms with E-state index in [4.69, 9.17) is 32.7 Å². The number of ether oxygens (including phenoxy) is 2. The fourth-order valence-electron chi connectivity index (χ4n) is 2.82. The van der Waals surface area contributed by atoms with Crippen LogP contribution in [0.5, 0.6) is 11.5 Å². The van der Waals surface area contributed by atoms with Crippen molar-refractivity contribution in [2.75, 3.05) is 7.11 Å². The van der Waals surface area contributed by atoms with Crippen LogP contribution in [0.2, 0.25) is 10.0 Å². The minimum atomic E-state index is 0. The molecule has 3 rings (SSSR count). The first-order valence-corrected chi connectivity index (χ1v) is 9.81. The number of aryl methyl sites for hydroxylation is 1. The molecule has 0 atom stereocenters. The van der Waals surface area contributed by atoms with Crippen LogP contribution in [0.1, 0.15) is 22.3 Å². The topological polar surface area (TPSA) is 30.5 Å². The second-order valence-corrected chi connectivity index (χ2v) is 7.38. The highest BCUT2D eigenvalue weighted by Crippen LogP contribution is 2.31. The summed E-state index contributed by atoms with van der Waals surface area (Å²) in [6.45, 7) is 3.92. The van der Waals surface area contributed by atoms with Crippen LogP contribution in [-0.4, -0.2) is 7.11 Å². The molecule has 0 aliphatic carbocycles. The fraction of sp³-hybridized carbons (Fsp3) is 0.217. The van der Waals surface area contributed by atoms with Gasteiger partial charge in [0, 0.05) is 28.7 Å². The third-order valence-electron chi connectivity index (χ3n) is 4.44. The van der Waals surface area contributed by atoms with Crippen LogP contribution in [-0.2, 0) is 19.7 Å². The first-order chi connectivity index (χ1) is 13.6. The number of halogens is 3. The molecular weight excluding hydrogens is 429 g/mol. The molecule has 0 aliphatic heterocycles. The summed E-state index contributed by atoms with van der Waals surface area (Å²) in [6.07, 6.45) is 0. The number of hydrogen-bond donors (Lipinski definition) is 1. The van der Waals surface area contributed by atoms with Gasteiger partial charge in [-0.3, -0.25) is 0 Å². The molecule has 3 aromatic rings. The maximum Gasteiger partial charge on any atom is 0.161 e. The number of rotatable bonds is 8. The molecule has 0 unspecified atom stereocenters. The zero-order chi connectivity index (χ0) is 19.9. The predicted molar refractivity (Wildman–Crippen MR) is 123 cm³/mol. The zero-order valence-electron chi connectivity index (χ0n) is 16.4. The summed E-state index contributed by atoms with van der Waals surface area (Å²) in [5.74, 6) is 1.33. The predicted octanol–water partition coefficient (Wildman–Crippen LogP) is 6.60. The van der Waals surface area contributed by atoms with E-state index in [9.17, 15) is 0 Å². The molecule has 0 bridgehead atoms. The van der Waals surface area contributed by atoms with Crippen molar-refractivity contribution < 1.29 is 9.47 Å². The molecule has 1 N–H and O–H groups in total. The van der Waals surface area contributed by atoms with Gasteiger partial charge in [0.05, 0.1) is 7.11 Å². The number of hydrogen-bond acceptors (Lipinski definition) is 3. The second-order valence-electron chi connectivity index (χ2n) is 6.56. The van der Waals surface area contributed by atoms with Crippen molar-refractivity contribution in [3.05, 3.63) is 93.0 Å². The quantitative estimate of drug-likeness (QED) is 0.417. The summed E-state index contributed by atoms with van der Waals surface area (Å²) < 4.78 is 11.4. The third-order valence-corrected chi connectivity index (χ3v) is 5.15. The lowest BCUT2D eigenvalue weighted by atomic mass is 10.1. The summed E-state index contributed by atoms with van der Waals surface area (Å²) in [5.41, 5.74) is 4.40. The van der Waals surface area contributed by atoms with E-state index in [-0.39, 0.29) is 19.0 Å². The lowest BCUT2D eigenvalue weighted by Gasteiger charge is -2.14. The average Bonchev–Trinajstić information content (AvgIpc) is 2.69. The Morgan fingerprint density at radius 1 is 0.828 bits per heavy atom. The summed E-state index contributed by atoms with van der Waals surface area (Å²) in [5, 5.41) is 4.62. The Labute approximate surface area is 188 Å². The highest BCUT2D eigenvalue weighted by molar-refractivity contribution is 6.35. The van der Waals surface area contributed by atoms with Crippen molar-refractivity contribution in [3.8, 4) is 11.5 Å². The molecule has 0 amide bonds. The van der Waals surface area contributed by atoms with Gasteiger partial charge in [-0.05, 0) is 42.3 Å². The van der Waals surface area contributed by atoms with Gasteiger partial charge in [-0.2, -0.15) is 0 Å². The zero-order valence-corrected chi connectivity index (χ0v) is 18.7. The lowest BCUT2D eigenvalue weighted by Crippen LogP contribution is -2.12. The van der Waals surface area contributed by atoms with Gasteiger partial charge in [0.25, 0.3) is 0 Å². The van der Waals surface area contributed by atoms with Crippen LogP contribution in [0.3, 0.4) is 0 Å². The minimum Gasteiger partial charge on any atom is -0.493 e. The van der Waals surface area contributed by atoms with Crippen molar-refractivity contribution in [1.29, 1.82) is 0 Å². The lowest BCUT2D eigenvalue weighted by molar-refractivity contribution is 0.284. The van der Waals surface area contributed by atoms with E-state index in [0.717, 1.165) is 24.2 Å². The van der Waals surface area contributed by atoms with Crippen molar-refractivity contribution in [1.82, 2.24) is 5.32 Å². The maximum absolute atomic E-state index is 6.21. The van der Waals surface area contributed by atoms with Crippen LogP contribution in [0.15, 0.2) is 60.7 Å². The van der Waals surface area contributed by atoms with Crippen LogP contribution in [0, 0.1) is 6.92 Å². The number of benzene rings is 3. The SMILES string of the molecule is COc1cc(CNCc2ccc(C)cc2)ccc1OCc1c(Cl)cccc1Cl.Cl. The van der Waals surface area contributed by atoms with Gasteiger partial charge in [-0.15, -0.1) is 12.4 Å². The summed E-state index contributed by atoms with van der Waals surface area (Å²) in [7, 11) is 1.63. The molecule has 3 nitrogen and oxygen atoms in total. The fourth-order valence-corrected chi connectivity index (χ4v) is 3.33. The van der Waals surface area contributed by atoms with Crippen LogP contribution < -0.4 is 14.8 Å². The Hall–Kier alpha value is -1.91. The van der Waals surface area contributed by atoms with Gasteiger partial charge >= 0.3 is 0 Å². The van der Waals surface area contributed by atoms with Gasteiger partial charge in [0.2, 0.25) is 0 Å². The molecule has 3 aromatic carbocycles. The van der Waals surface area contributed by atoms with E-state index in [1.807, 2.05) is 24.3 Å². The Balaban J connectivity index is 0.00000300. The molecule has 0 fully saturated rings. The van der Waals surface area contributed by atoms with Gasteiger partial charge < -0.3 is 14.8 Å². The van der Waals surface area contributed by atoms with Gasteiger partial charge in [0.15, 0.2) is 11.5 Å². The van der Waals surface area contributed by atoms with Crippen molar-refractivity contribution in [2.45, 2.75) is 26.6 Å². The number of methoxy groups -OCH3 is 1. The molecule has 29 heavy (non-hydrogen) atoms. The van der Waals surface area contributed by atoms with Gasteiger partial charge in [0.1, 0.15) is 6.61 Å². The van der Waals surface area contributed by atoms with E-state index in [1.54, 1.807) is 19.2 Å². The standard InChI is InChI=1S/C23H23Cl2NO2.ClH/c1-16-6-8-17(9-7-16)13-26-14-18-10-11-22(23(12-18)27-2)28-15-19-20(24)4-3-5-21(19)25;/h3-12,26H,13-15H2,1-2H3;1H. The molecule has 0 spiro atoms. The van der Waals surface area contributed by atoms with Crippen LogP contribution >= 0.6 is 35.6 Å². The first kappa shape index (κ1) is 23.4. The Morgan fingerprint density at radius 2 is 1.45 bits per heavy atom. The van der Waals surface area contributed by atoms with Crippen LogP contribution in [0.25, 0.3) is 0 Å². The van der Waals surface area contributed by atoms with Crippen LogP contribution in [0.4, 0.5) is 0 Å². The van der Waals surface area contributed by atoms with E-state index in [2.05, 4.69) is 36.5 Å². The molecular formula is C23H24Cl3NO2. The first-order valence-electron chi connectivity index (χ1n) is 9.05. The summed E-state index contributed by atoms with van der Waals surface area (Å²) in [4.78, 5) is 0. The van der Waals surface area contributed by atoms with E-state index in [1.165, 1.54) is 11.1 Å². The summed E-state index contributed by atoms with van der Waals surface area (Å²) in [6, 6.07) is 19.8. The Bertz CT molecular complexity index is 910. The van der Waals surface area contributed by atoms with Crippen molar-refractivity contribution >= 4 is 35.6 Å². The Morgan fingerprint density at radius 3 is 2.10 bits per heavy atom. The van der Waals surface area contributed by atoms with Gasteiger partial charge in [-0.25, -0.2) is 0 Å². The maximum atomic E-state index is 6.21. The molecule has 6 heteroatoms. The molecule has 0 radical (unpaired) electrons. The third kappa shape index (κ3) is 6.55. The normalized spacial score (nSPS) is 10.3. The van der Waals surface area contributed by atoms with Gasteiger partial charge in [-0.1, -0.05) is 65.2 Å².